The Balaban J connectivity index is 2.04. The molecule has 2 N–H and O–H groups in total. The molecule has 0 aliphatic rings. The van der Waals surface area contributed by atoms with Gasteiger partial charge in [-0.15, -0.1) is 0 Å². The summed E-state index contributed by atoms with van der Waals surface area (Å²) in [6.45, 7) is 2.53. The molecule has 1 aromatic heterocycles. The number of anilines is 1. The van der Waals surface area contributed by atoms with Crippen LogP contribution in [0.2, 0.25) is 0 Å². The van der Waals surface area contributed by atoms with Crippen LogP contribution in [-0.4, -0.2) is 22.7 Å². The lowest BCUT2D eigenvalue weighted by Gasteiger charge is -2.05. The predicted molar refractivity (Wildman–Crippen MR) is 64.2 cm³/mol. The van der Waals surface area contributed by atoms with Gasteiger partial charge in [0.15, 0.2) is 0 Å². The van der Waals surface area contributed by atoms with Crippen LogP contribution in [0, 0.1) is 0 Å². The molecule has 0 atom stereocenters. The molecule has 0 unspecified atom stereocenters. The Labute approximate surface area is 98.8 Å². The Morgan fingerprint density at radius 2 is 2.18 bits per heavy atom. The highest BCUT2D eigenvalue weighted by atomic mass is 16.5. The van der Waals surface area contributed by atoms with Gasteiger partial charge in [0.05, 0.1) is 18.5 Å². The predicted octanol–water partition coefficient (Wildman–Crippen LogP) is 2.06. The molecule has 0 aliphatic heterocycles. The first-order chi connectivity index (χ1) is 8.29. The van der Waals surface area contributed by atoms with Crippen LogP contribution in [-0.2, 0) is 0 Å². The highest BCUT2D eigenvalue weighted by Crippen LogP contribution is 2.13. The zero-order chi connectivity index (χ0) is 12.1. The summed E-state index contributed by atoms with van der Waals surface area (Å²) in [5.74, 6) is 0.585. The van der Waals surface area contributed by atoms with Gasteiger partial charge in [-0.05, 0) is 31.2 Å². The summed E-state index contributed by atoms with van der Waals surface area (Å²) in [6.07, 6.45) is 3.17. The van der Waals surface area contributed by atoms with Gasteiger partial charge >= 0.3 is 0 Å². The van der Waals surface area contributed by atoms with Crippen LogP contribution in [0.25, 0.3) is 0 Å². The molecule has 1 aromatic carbocycles. The van der Waals surface area contributed by atoms with Gasteiger partial charge in [-0.3, -0.25) is 9.89 Å². The van der Waals surface area contributed by atoms with Crippen LogP contribution in [0.3, 0.4) is 0 Å². The molecular weight excluding hydrogens is 218 g/mol. The number of nitrogens with zero attached hydrogens (tertiary/aromatic N) is 1. The van der Waals surface area contributed by atoms with E-state index in [2.05, 4.69) is 15.5 Å². The SMILES string of the molecule is CCOc1ccc(C(=O)Nc2cn[nH]c2)cc1. The van der Waals surface area contributed by atoms with Gasteiger partial charge in [0.2, 0.25) is 0 Å². The zero-order valence-corrected chi connectivity index (χ0v) is 9.43. The summed E-state index contributed by atoms with van der Waals surface area (Å²) in [5.41, 5.74) is 1.22. The Morgan fingerprint density at radius 1 is 1.41 bits per heavy atom. The minimum atomic E-state index is -0.172. The summed E-state index contributed by atoms with van der Waals surface area (Å²) >= 11 is 0. The average Bonchev–Trinajstić information content (AvgIpc) is 2.83. The fourth-order valence-electron chi connectivity index (χ4n) is 1.39. The van der Waals surface area contributed by atoms with Crippen LogP contribution in [0.4, 0.5) is 5.69 Å². The van der Waals surface area contributed by atoms with Crippen molar-refractivity contribution in [3.8, 4) is 5.75 Å². The molecule has 2 rings (SSSR count). The van der Waals surface area contributed by atoms with Crippen LogP contribution in [0.5, 0.6) is 5.75 Å². The monoisotopic (exact) mass is 231 g/mol. The second kappa shape index (κ2) is 5.16. The minimum absolute atomic E-state index is 0.172. The number of nitrogens with one attached hydrogen (secondary N) is 2. The molecule has 0 radical (unpaired) electrons. The lowest BCUT2D eigenvalue weighted by atomic mass is 10.2. The van der Waals surface area contributed by atoms with Crippen molar-refractivity contribution in [2.45, 2.75) is 6.92 Å². The third-order valence-electron chi connectivity index (χ3n) is 2.18. The second-order valence-corrected chi connectivity index (χ2v) is 3.40. The smallest absolute Gasteiger partial charge is 0.255 e. The molecule has 1 heterocycles. The molecule has 0 bridgehead atoms. The zero-order valence-electron chi connectivity index (χ0n) is 9.43. The lowest BCUT2D eigenvalue weighted by molar-refractivity contribution is 0.102. The van der Waals surface area contributed by atoms with Crippen molar-refractivity contribution in [2.24, 2.45) is 0 Å². The van der Waals surface area contributed by atoms with Crippen molar-refractivity contribution in [3.63, 3.8) is 0 Å². The largest absolute Gasteiger partial charge is 0.494 e. The maximum absolute atomic E-state index is 11.8. The van der Waals surface area contributed by atoms with E-state index in [1.54, 1.807) is 36.7 Å². The highest BCUT2D eigenvalue weighted by Gasteiger charge is 2.06. The molecule has 0 spiro atoms. The average molecular weight is 231 g/mol. The van der Waals surface area contributed by atoms with Crippen molar-refractivity contribution in [1.82, 2.24) is 10.2 Å². The normalized spacial score (nSPS) is 9.94. The molecular formula is C12H13N3O2. The van der Waals surface area contributed by atoms with E-state index in [0.29, 0.717) is 17.9 Å². The first-order valence-corrected chi connectivity index (χ1v) is 5.32. The summed E-state index contributed by atoms with van der Waals surface area (Å²) in [7, 11) is 0. The van der Waals surface area contributed by atoms with Crippen LogP contribution in [0.1, 0.15) is 17.3 Å². The van der Waals surface area contributed by atoms with Gasteiger partial charge in [0.1, 0.15) is 5.75 Å². The molecule has 5 heteroatoms. The third-order valence-corrected chi connectivity index (χ3v) is 2.18. The number of carbonyl (C=O) groups excluding carboxylic acids is 1. The number of hydrogen-bond donors (Lipinski definition) is 2. The number of carbonyl (C=O) groups is 1. The molecule has 0 fully saturated rings. The number of amides is 1. The number of aromatic amines is 1. The van der Waals surface area contributed by atoms with E-state index in [9.17, 15) is 4.79 Å². The van der Waals surface area contributed by atoms with Crippen molar-refractivity contribution < 1.29 is 9.53 Å². The van der Waals surface area contributed by atoms with E-state index in [-0.39, 0.29) is 5.91 Å². The van der Waals surface area contributed by atoms with Gasteiger partial charge < -0.3 is 10.1 Å². The summed E-state index contributed by atoms with van der Waals surface area (Å²) in [6, 6.07) is 6.99. The van der Waals surface area contributed by atoms with Crippen LogP contribution in [0.15, 0.2) is 36.7 Å². The Kier molecular flexibility index (Phi) is 3.40. The minimum Gasteiger partial charge on any atom is -0.494 e. The highest BCUT2D eigenvalue weighted by molar-refractivity contribution is 6.04. The van der Waals surface area contributed by atoms with Crippen molar-refractivity contribution in [2.75, 3.05) is 11.9 Å². The molecule has 2 aromatic rings. The number of rotatable bonds is 4. The van der Waals surface area contributed by atoms with E-state index in [4.69, 9.17) is 4.74 Å². The molecule has 88 valence electrons. The number of benzene rings is 1. The second-order valence-electron chi connectivity index (χ2n) is 3.40. The van der Waals surface area contributed by atoms with Crippen LogP contribution >= 0.6 is 0 Å². The van der Waals surface area contributed by atoms with Gasteiger partial charge in [-0.2, -0.15) is 5.10 Å². The fourth-order valence-corrected chi connectivity index (χ4v) is 1.39. The van der Waals surface area contributed by atoms with Gasteiger partial charge in [-0.25, -0.2) is 0 Å². The summed E-state index contributed by atoms with van der Waals surface area (Å²) in [5, 5.41) is 9.09. The Bertz CT molecular complexity index is 477. The van der Waals surface area contributed by atoms with Crippen molar-refractivity contribution >= 4 is 11.6 Å². The van der Waals surface area contributed by atoms with E-state index in [1.165, 1.54) is 0 Å². The number of hydrogen-bond acceptors (Lipinski definition) is 3. The topological polar surface area (TPSA) is 67.0 Å². The maximum atomic E-state index is 11.8. The van der Waals surface area contributed by atoms with E-state index in [0.717, 1.165) is 5.75 Å². The molecule has 0 aliphatic carbocycles. The first-order valence-electron chi connectivity index (χ1n) is 5.32. The fraction of sp³-hybridized carbons (Fsp3) is 0.167. The van der Waals surface area contributed by atoms with Gasteiger partial charge in [-0.1, -0.05) is 0 Å². The van der Waals surface area contributed by atoms with Gasteiger partial charge in [0.25, 0.3) is 5.91 Å². The molecule has 17 heavy (non-hydrogen) atoms. The summed E-state index contributed by atoms with van der Waals surface area (Å²) in [4.78, 5) is 11.8. The Hall–Kier alpha value is -2.30. The first kappa shape index (κ1) is 11.2. The quantitative estimate of drug-likeness (QED) is 0.846. The lowest BCUT2D eigenvalue weighted by Crippen LogP contribution is -2.11. The standard InChI is InChI=1S/C12H13N3O2/c1-2-17-11-5-3-9(4-6-11)12(16)15-10-7-13-14-8-10/h3-8H,2H2,1H3,(H,13,14)(H,15,16). The van der Waals surface area contributed by atoms with Crippen molar-refractivity contribution in [1.29, 1.82) is 0 Å². The third kappa shape index (κ3) is 2.84. The van der Waals surface area contributed by atoms with Crippen LogP contribution < -0.4 is 10.1 Å². The molecule has 0 saturated heterocycles. The molecule has 0 saturated carbocycles. The number of aromatic nitrogens is 2. The Morgan fingerprint density at radius 3 is 2.76 bits per heavy atom. The van der Waals surface area contributed by atoms with Crippen molar-refractivity contribution in [3.05, 3.63) is 42.2 Å². The number of ether oxygens (including phenoxy) is 1. The van der Waals surface area contributed by atoms with E-state index >= 15 is 0 Å². The maximum Gasteiger partial charge on any atom is 0.255 e. The molecule has 1 amide bonds. The molecule has 5 nitrogen and oxygen atoms in total. The van der Waals surface area contributed by atoms with E-state index in [1.807, 2.05) is 6.92 Å². The van der Waals surface area contributed by atoms with E-state index < -0.39 is 0 Å². The van der Waals surface area contributed by atoms with Gasteiger partial charge in [0, 0.05) is 11.8 Å². The number of H-pyrrole nitrogens is 1. The summed E-state index contributed by atoms with van der Waals surface area (Å²) < 4.78 is 5.30.